The zero-order valence-corrected chi connectivity index (χ0v) is 18.1. The maximum Gasteiger partial charge on any atom is 0.320 e. The zero-order valence-electron chi connectivity index (χ0n) is 18.1. The summed E-state index contributed by atoms with van der Waals surface area (Å²) in [6, 6.07) is 0.316. The van der Waals surface area contributed by atoms with Gasteiger partial charge in [0.25, 0.3) is 0 Å². The Morgan fingerprint density at radius 2 is 1.86 bits per heavy atom. The molecule has 0 aliphatic carbocycles. The molecule has 0 spiro atoms. The van der Waals surface area contributed by atoms with Gasteiger partial charge in [-0.3, -0.25) is 9.69 Å². The second kappa shape index (κ2) is 12.8. The van der Waals surface area contributed by atoms with Crippen molar-refractivity contribution in [1.29, 1.82) is 0 Å². The number of carbonyl (C=O) groups excluding carboxylic acids is 1. The Morgan fingerprint density at radius 1 is 1.21 bits per heavy atom. The minimum atomic E-state index is 0.289. The molecule has 1 amide bonds. The van der Waals surface area contributed by atoms with Crippen molar-refractivity contribution in [1.82, 2.24) is 15.3 Å². The van der Waals surface area contributed by atoms with Gasteiger partial charge in [-0.15, -0.1) is 5.92 Å². The van der Waals surface area contributed by atoms with Gasteiger partial charge in [0.15, 0.2) is 11.6 Å². The van der Waals surface area contributed by atoms with Crippen molar-refractivity contribution < 1.29 is 9.53 Å². The number of piperazine rings is 1. The topological polar surface area (TPSA) is 73.8 Å². The summed E-state index contributed by atoms with van der Waals surface area (Å²) in [6.45, 7) is 12.0. The Bertz CT molecular complexity index is 663. The number of nitrogens with one attached hydrogen (secondary N) is 1. The van der Waals surface area contributed by atoms with Gasteiger partial charge in [-0.05, 0) is 13.8 Å². The lowest BCUT2D eigenvalue weighted by Gasteiger charge is -2.33. The quantitative estimate of drug-likeness (QED) is 0.562. The van der Waals surface area contributed by atoms with Gasteiger partial charge in [0, 0.05) is 40.3 Å². The third-order valence-electron chi connectivity index (χ3n) is 3.78. The molecule has 0 radical (unpaired) electrons. The Hall–Kier alpha value is -2.53. The number of hydrogen-bond acceptors (Lipinski definition) is 7. The second-order valence-corrected chi connectivity index (χ2v) is 6.43. The molecule has 0 bridgehead atoms. The first-order valence-electron chi connectivity index (χ1n) is 9.83. The third kappa shape index (κ3) is 6.57. The van der Waals surface area contributed by atoms with E-state index in [0.29, 0.717) is 29.9 Å². The zero-order chi connectivity index (χ0) is 20.9. The predicted octanol–water partition coefficient (Wildman–Crippen LogP) is 1.75. The van der Waals surface area contributed by atoms with Crippen molar-refractivity contribution in [2.45, 2.75) is 34.1 Å². The molecule has 156 valence electrons. The normalized spacial score (nSPS) is 12.9. The van der Waals surface area contributed by atoms with Crippen molar-refractivity contribution >= 4 is 23.7 Å². The van der Waals surface area contributed by atoms with Crippen LogP contribution in [0.25, 0.3) is 0 Å². The molecule has 0 saturated carbocycles. The fourth-order valence-electron chi connectivity index (χ4n) is 2.60. The molecule has 2 heterocycles. The summed E-state index contributed by atoms with van der Waals surface area (Å²) in [5.74, 6) is 7.11. The molecule has 0 aromatic carbocycles. The van der Waals surface area contributed by atoms with E-state index < -0.39 is 0 Å². The van der Waals surface area contributed by atoms with Gasteiger partial charge in [0.05, 0.1) is 13.2 Å². The molecule has 1 N–H and O–H groups in total. The monoisotopic (exact) mass is 390 g/mol. The maximum absolute atomic E-state index is 11.8. The van der Waals surface area contributed by atoms with Gasteiger partial charge in [-0.1, -0.05) is 26.2 Å². The maximum atomic E-state index is 11.8. The molecule has 1 aliphatic rings. The number of amides is 1. The van der Waals surface area contributed by atoms with Crippen molar-refractivity contribution in [3.05, 3.63) is 0 Å². The van der Waals surface area contributed by atoms with E-state index in [0.717, 1.165) is 32.6 Å². The fourth-order valence-corrected chi connectivity index (χ4v) is 2.60. The summed E-state index contributed by atoms with van der Waals surface area (Å²) in [5, 5.41) is 3.33. The number of carbonyl (C=O) groups is 1. The molecular formula is C20H34N6O2. The second-order valence-electron chi connectivity index (χ2n) is 6.43. The van der Waals surface area contributed by atoms with Crippen LogP contribution in [0.3, 0.4) is 0 Å². The highest BCUT2D eigenvalue weighted by atomic mass is 16.5. The van der Waals surface area contributed by atoms with E-state index in [4.69, 9.17) is 4.74 Å². The average molecular weight is 391 g/mol. The third-order valence-corrected chi connectivity index (χ3v) is 3.78. The van der Waals surface area contributed by atoms with E-state index in [1.165, 1.54) is 6.42 Å². The number of hydrogen-bond donors (Lipinski definition) is 1. The predicted molar refractivity (Wildman–Crippen MR) is 115 cm³/mol. The van der Waals surface area contributed by atoms with E-state index in [2.05, 4.69) is 45.9 Å². The first kappa shape index (κ1) is 23.5. The first-order chi connectivity index (χ1) is 13.5. The number of anilines is 3. The Balaban J connectivity index is 0.00000122. The lowest BCUT2D eigenvalue weighted by Crippen LogP contribution is -2.44. The summed E-state index contributed by atoms with van der Waals surface area (Å²) in [4.78, 5) is 26.4. The van der Waals surface area contributed by atoms with Gasteiger partial charge < -0.3 is 19.9 Å². The first-order valence-corrected chi connectivity index (χ1v) is 9.83. The van der Waals surface area contributed by atoms with E-state index in [1.54, 1.807) is 11.8 Å². The molecule has 1 aromatic rings. The smallest absolute Gasteiger partial charge is 0.320 e. The molecule has 2 rings (SSSR count). The molecule has 1 aliphatic heterocycles. The molecule has 0 atom stereocenters. The molecule has 8 nitrogen and oxygen atoms in total. The van der Waals surface area contributed by atoms with Crippen LogP contribution < -0.4 is 24.8 Å². The Morgan fingerprint density at radius 3 is 2.36 bits per heavy atom. The average Bonchev–Trinajstić information content (AvgIpc) is 2.70. The Labute approximate surface area is 169 Å². The summed E-state index contributed by atoms with van der Waals surface area (Å²) < 4.78 is 5.55. The molecule has 1 saturated heterocycles. The van der Waals surface area contributed by atoms with Crippen LogP contribution in [0.4, 0.5) is 17.3 Å². The highest BCUT2D eigenvalue weighted by Crippen LogP contribution is 2.36. The highest BCUT2D eigenvalue weighted by molar-refractivity contribution is 5.90. The number of nitrogens with zero attached hydrogens (tertiary/aromatic N) is 5. The van der Waals surface area contributed by atoms with E-state index in [-0.39, 0.29) is 6.54 Å². The summed E-state index contributed by atoms with van der Waals surface area (Å²) >= 11 is 0. The van der Waals surface area contributed by atoms with Gasteiger partial charge in [0.1, 0.15) is 5.69 Å². The van der Waals surface area contributed by atoms with Crippen LogP contribution >= 0.6 is 0 Å². The van der Waals surface area contributed by atoms with Crippen molar-refractivity contribution in [2.75, 3.05) is 68.1 Å². The minimum Gasteiger partial charge on any atom is -0.464 e. The summed E-state index contributed by atoms with van der Waals surface area (Å²) in [6.07, 6.45) is 2.03. The number of aromatic nitrogens is 2. The molecule has 1 aromatic heterocycles. The van der Waals surface area contributed by atoms with Crippen molar-refractivity contribution in [3.8, 4) is 17.9 Å². The van der Waals surface area contributed by atoms with Gasteiger partial charge >= 0.3 is 6.01 Å². The van der Waals surface area contributed by atoms with Crippen LogP contribution in [0.5, 0.6) is 6.01 Å². The molecule has 8 heteroatoms. The lowest BCUT2D eigenvalue weighted by atomic mass is 10.3. The van der Waals surface area contributed by atoms with Crippen molar-refractivity contribution in [2.24, 2.45) is 0 Å². The largest absolute Gasteiger partial charge is 0.464 e. The van der Waals surface area contributed by atoms with Gasteiger partial charge in [-0.25, -0.2) is 0 Å². The standard InChI is InChI=1S/C17H26N6O2.C3H8/c1-5-7-10-23(13-24)14-15(21(3)4)19-17(25-6-2)20-16(14)22-11-8-18-9-12-22;1-3-2/h13,18H,6,8-12H2,1-4H3;3H2,1-2H3. The van der Waals surface area contributed by atoms with Crippen LogP contribution in [0.15, 0.2) is 0 Å². The number of ether oxygens (including phenoxy) is 1. The van der Waals surface area contributed by atoms with Gasteiger partial charge in [-0.2, -0.15) is 9.97 Å². The Kier molecular flexibility index (Phi) is 10.7. The summed E-state index contributed by atoms with van der Waals surface area (Å²) in [5.41, 5.74) is 0.660. The summed E-state index contributed by atoms with van der Waals surface area (Å²) in [7, 11) is 3.77. The molecule has 1 fully saturated rings. The van der Waals surface area contributed by atoms with E-state index in [9.17, 15) is 4.79 Å². The minimum absolute atomic E-state index is 0.289. The fraction of sp³-hybridized carbons (Fsp3) is 0.650. The molecular weight excluding hydrogens is 356 g/mol. The van der Waals surface area contributed by atoms with Crippen LogP contribution in [0.2, 0.25) is 0 Å². The van der Waals surface area contributed by atoms with Crippen LogP contribution in [0, 0.1) is 11.8 Å². The van der Waals surface area contributed by atoms with Crippen LogP contribution in [-0.4, -0.2) is 69.8 Å². The molecule has 28 heavy (non-hydrogen) atoms. The highest BCUT2D eigenvalue weighted by Gasteiger charge is 2.26. The molecule has 0 unspecified atom stereocenters. The van der Waals surface area contributed by atoms with E-state index >= 15 is 0 Å². The number of rotatable bonds is 7. The van der Waals surface area contributed by atoms with Gasteiger partial charge in [0.2, 0.25) is 6.41 Å². The van der Waals surface area contributed by atoms with Crippen LogP contribution in [0.1, 0.15) is 34.1 Å². The van der Waals surface area contributed by atoms with E-state index in [1.807, 2.05) is 25.9 Å². The van der Waals surface area contributed by atoms with Crippen molar-refractivity contribution in [3.63, 3.8) is 0 Å². The SMILES string of the molecule is CC#CCN(C=O)c1c(N(C)C)nc(OCC)nc1N1CCNCC1.CCC. The lowest BCUT2D eigenvalue weighted by molar-refractivity contribution is -0.107. The van der Waals surface area contributed by atoms with Crippen LogP contribution in [-0.2, 0) is 4.79 Å².